The summed E-state index contributed by atoms with van der Waals surface area (Å²) < 4.78 is 8.03. The number of rotatable bonds is 12. The Bertz CT molecular complexity index is 2110. The van der Waals surface area contributed by atoms with Crippen LogP contribution in [0.4, 0.5) is 17.3 Å². The number of carbonyl (C=O) groups excluding carboxylic acids is 3. The van der Waals surface area contributed by atoms with E-state index in [1.807, 2.05) is 13.0 Å². The Morgan fingerprint density at radius 3 is 2.49 bits per heavy atom. The van der Waals surface area contributed by atoms with Gasteiger partial charge in [0.25, 0.3) is 5.91 Å². The second-order valence-corrected chi connectivity index (χ2v) is 14.8. The van der Waals surface area contributed by atoms with Crippen LogP contribution in [-0.4, -0.2) is 75.0 Å². The van der Waals surface area contributed by atoms with Crippen molar-refractivity contribution in [3.8, 4) is 0 Å². The second kappa shape index (κ2) is 15.0. The molecule has 3 aromatic heterocycles. The maximum atomic E-state index is 12.8. The number of piperidine rings is 2. The van der Waals surface area contributed by atoms with E-state index in [9.17, 15) is 14.4 Å². The molecule has 2 saturated heterocycles. The van der Waals surface area contributed by atoms with Gasteiger partial charge in [0.15, 0.2) is 17.1 Å². The molecule has 3 fully saturated rings. The van der Waals surface area contributed by atoms with Gasteiger partial charge in [-0.05, 0) is 106 Å². The molecule has 1 unspecified atom stereocenters. The molecule has 8 rings (SSSR count). The third-order valence-electron chi connectivity index (χ3n) is 11.6. The normalized spacial score (nSPS) is 20.3. The van der Waals surface area contributed by atoms with Crippen LogP contribution in [0.2, 0.25) is 0 Å². The molecule has 276 valence electrons. The quantitative estimate of drug-likeness (QED) is 0.128. The average molecular weight is 718 g/mol. The van der Waals surface area contributed by atoms with Crippen molar-refractivity contribution in [3.05, 3.63) is 71.8 Å². The number of nitrogens with zero attached hydrogens (tertiary/aromatic N) is 6. The summed E-state index contributed by atoms with van der Waals surface area (Å²) in [6.45, 7) is 6.03. The molecule has 1 aliphatic carbocycles. The molecule has 13 nitrogen and oxygen atoms in total. The maximum Gasteiger partial charge on any atom is 0.271 e. The maximum absolute atomic E-state index is 12.8. The summed E-state index contributed by atoms with van der Waals surface area (Å²) in [5.41, 5.74) is 10.3. The van der Waals surface area contributed by atoms with Gasteiger partial charge in [-0.3, -0.25) is 19.7 Å². The summed E-state index contributed by atoms with van der Waals surface area (Å²) in [6, 6.07) is 15.6. The Labute approximate surface area is 308 Å². The number of anilines is 3. The molecule has 53 heavy (non-hydrogen) atoms. The number of primary amides is 1. The molecular formula is C40H47N9O4. The number of hydrogen-bond donors (Lipinski definition) is 3. The predicted molar refractivity (Wildman–Crippen MR) is 203 cm³/mol. The van der Waals surface area contributed by atoms with Crippen LogP contribution in [0.15, 0.2) is 59.4 Å². The largest absolute Gasteiger partial charge is 0.364 e. The van der Waals surface area contributed by atoms with E-state index < -0.39 is 11.8 Å². The zero-order chi connectivity index (χ0) is 36.5. The lowest BCUT2D eigenvalue weighted by Crippen LogP contribution is -2.48. The molecule has 1 atom stereocenters. The number of hydrogen-bond acceptors (Lipinski definition) is 10. The van der Waals surface area contributed by atoms with Gasteiger partial charge in [0.2, 0.25) is 12.3 Å². The average Bonchev–Trinajstić information content (AvgIpc) is 3.79. The van der Waals surface area contributed by atoms with Crippen molar-refractivity contribution in [1.82, 2.24) is 29.9 Å². The molecule has 3 aliphatic rings. The van der Waals surface area contributed by atoms with Crippen LogP contribution < -0.4 is 21.3 Å². The number of benzene rings is 2. The van der Waals surface area contributed by atoms with Crippen molar-refractivity contribution in [3.63, 3.8) is 0 Å². The molecule has 3 amide bonds. The van der Waals surface area contributed by atoms with Crippen molar-refractivity contribution in [2.45, 2.75) is 88.6 Å². The van der Waals surface area contributed by atoms with Gasteiger partial charge in [-0.15, -0.1) is 0 Å². The van der Waals surface area contributed by atoms with Crippen LogP contribution in [0.3, 0.4) is 0 Å². The number of carbonyl (C=O) groups is 3. The van der Waals surface area contributed by atoms with E-state index in [0.717, 1.165) is 98.9 Å². The van der Waals surface area contributed by atoms with Gasteiger partial charge in [-0.1, -0.05) is 30.6 Å². The minimum atomic E-state index is -0.601. The highest BCUT2D eigenvalue weighted by molar-refractivity contribution is 6.08. The molecule has 5 aromatic rings. The molecule has 5 heterocycles. The minimum Gasteiger partial charge on any atom is -0.364 e. The number of nitrogens with two attached hydrogens (primary N) is 1. The molecule has 4 N–H and O–H groups in total. The van der Waals surface area contributed by atoms with Crippen LogP contribution in [0, 0.1) is 0 Å². The number of fused-ring (bicyclic) bond motifs is 3. The summed E-state index contributed by atoms with van der Waals surface area (Å²) in [4.78, 5) is 49.9. The summed E-state index contributed by atoms with van der Waals surface area (Å²) in [6.07, 6.45) is 13.5. The van der Waals surface area contributed by atoms with Gasteiger partial charge in [0, 0.05) is 48.0 Å². The fourth-order valence-electron chi connectivity index (χ4n) is 8.68. The van der Waals surface area contributed by atoms with Gasteiger partial charge >= 0.3 is 0 Å². The first kappa shape index (κ1) is 34.8. The Hall–Kier alpha value is -5.30. The smallest absolute Gasteiger partial charge is 0.271 e. The fraction of sp³-hybridized carbons (Fsp3) is 0.450. The van der Waals surface area contributed by atoms with E-state index in [1.54, 1.807) is 6.20 Å². The fourth-order valence-corrected chi connectivity index (χ4v) is 8.68. The monoisotopic (exact) mass is 717 g/mol. The lowest BCUT2D eigenvalue weighted by Gasteiger charge is -2.46. The van der Waals surface area contributed by atoms with Crippen LogP contribution in [-0.2, 0) is 9.59 Å². The third kappa shape index (κ3) is 6.85. The molecule has 2 aromatic carbocycles. The van der Waals surface area contributed by atoms with Gasteiger partial charge in [0.05, 0.1) is 17.5 Å². The van der Waals surface area contributed by atoms with Crippen molar-refractivity contribution < 1.29 is 18.9 Å². The summed E-state index contributed by atoms with van der Waals surface area (Å²) >= 11 is 0. The first-order valence-electron chi connectivity index (χ1n) is 19.1. The van der Waals surface area contributed by atoms with Gasteiger partial charge < -0.3 is 29.9 Å². The van der Waals surface area contributed by atoms with Gasteiger partial charge in [-0.2, -0.15) is 0 Å². The Kier molecular flexibility index (Phi) is 9.82. The first-order valence-corrected chi connectivity index (χ1v) is 19.1. The third-order valence-corrected chi connectivity index (χ3v) is 11.6. The predicted octanol–water partition coefficient (Wildman–Crippen LogP) is 6.14. The van der Waals surface area contributed by atoms with Crippen molar-refractivity contribution in [2.75, 3.05) is 36.4 Å². The van der Waals surface area contributed by atoms with E-state index in [0.29, 0.717) is 47.9 Å². The molecule has 1 saturated carbocycles. The van der Waals surface area contributed by atoms with Crippen molar-refractivity contribution >= 4 is 57.4 Å². The van der Waals surface area contributed by atoms with E-state index in [-0.39, 0.29) is 11.6 Å². The standard InChI is InChI=1S/C40H47N9O4/c1-2-6-31(40(52)43-24-50)36-35-30-15-20-49(32(30)11-12-33(35)53-46-36)29-21-28(22-29)47-18-13-26(14-19-47)25-7-9-27(10-8-25)44-39-37(38(41)51)42-23-34(45-39)48-16-4-3-5-17-48/h7-12,15,20,23-24,26,28-29,31H,2-6,13-14,16-19,21-22H2,1H3,(H2,41,51)(H,44,45)(H,43,50,52). The highest BCUT2D eigenvalue weighted by atomic mass is 16.5. The summed E-state index contributed by atoms with van der Waals surface area (Å²) in [5, 5.41) is 11.8. The Balaban J connectivity index is 0.884. The molecular weight excluding hydrogens is 670 g/mol. The van der Waals surface area contributed by atoms with Crippen LogP contribution in [0.1, 0.15) is 104 Å². The Morgan fingerprint density at radius 2 is 1.77 bits per heavy atom. The summed E-state index contributed by atoms with van der Waals surface area (Å²) in [5.74, 6) is 0.153. The topological polar surface area (TPSA) is 165 Å². The van der Waals surface area contributed by atoms with Crippen LogP contribution in [0.25, 0.3) is 21.9 Å². The van der Waals surface area contributed by atoms with Crippen LogP contribution >= 0.6 is 0 Å². The number of aromatic nitrogens is 4. The number of amides is 3. The highest BCUT2D eigenvalue weighted by Gasteiger charge is 2.37. The first-order chi connectivity index (χ1) is 25.9. The van der Waals surface area contributed by atoms with Crippen molar-refractivity contribution in [1.29, 1.82) is 0 Å². The molecule has 13 heteroatoms. The minimum absolute atomic E-state index is 0.144. The van der Waals surface area contributed by atoms with Gasteiger partial charge in [-0.25, -0.2) is 9.97 Å². The van der Waals surface area contributed by atoms with Gasteiger partial charge in [0.1, 0.15) is 11.5 Å². The van der Waals surface area contributed by atoms with E-state index in [4.69, 9.17) is 15.2 Å². The number of nitrogens with one attached hydrogen (secondary N) is 2. The molecule has 0 bridgehead atoms. The molecule has 0 radical (unpaired) electrons. The SMILES string of the molecule is CCCC(C(=O)NC=O)c1noc2ccc3c(ccn3C3CC(N4CCC(c5ccc(Nc6nc(N7CCCCC7)cnc6C(N)=O)cc5)CC4)C3)c12. The molecule has 2 aliphatic heterocycles. The second-order valence-electron chi connectivity index (χ2n) is 14.8. The number of imide groups is 1. The zero-order valence-corrected chi connectivity index (χ0v) is 30.2. The van der Waals surface area contributed by atoms with E-state index >= 15 is 0 Å². The zero-order valence-electron chi connectivity index (χ0n) is 30.2. The summed E-state index contributed by atoms with van der Waals surface area (Å²) in [7, 11) is 0. The lowest BCUT2D eigenvalue weighted by atomic mass is 9.82. The van der Waals surface area contributed by atoms with E-state index in [1.165, 1.54) is 12.0 Å². The van der Waals surface area contributed by atoms with E-state index in [2.05, 4.69) is 77.7 Å². The Morgan fingerprint density at radius 1 is 1.00 bits per heavy atom. The number of likely N-dealkylation sites (tertiary alicyclic amines) is 1. The van der Waals surface area contributed by atoms with Crippen molar-refractivity contribution in [2.24, 2.45) is 5.73 Å². The highest BCUT2D eigenvalue weighted by Crippen LogP contribution is 2.42. The molecule has 0 spiro atoms. The van der Waals surface area contributed by atoms with Crippen LogP contribution in [0.5, 0.6) is 0 Å². The lowest BCUT2D eigenvalue weighted by molar-refractivity contribution is -0.126.